The minimum Gasteiger partial charge on any atom is -0.316 e. The highest BCUT2D eigenvalue weighted by atomic mass is 32.2. The van der Waals surface area contributed by atoms with Crippen molar-refractivity contribution < 1.29 is 8.42 Å². The maximum absolute atomic E-state index is 12.6. The van der Waals surface area contributed by atoms with Gasteiger partial charge in [-0.25, -0.2) is 12.7 Å². The molecular weight excluding hydrogens is 284 g/mol. The Morgan fingerprint density at radius 2 is 2.00 bits per heavy atom. The lowest BCUT2D eigenvalue weighted by Gasteiger charge is -2.27. The Hall–Kier alpha value is -0.910. The number of hydrogen-bond acceptors (Lipinski definition) is 3. The minimum atomic E-state index is -3.36. The second-order valence-corrected chi connectivity index (χ2v) is 7.94. The third-order valence-electron chi connectivity index (χ3n) is 4.08. The summed E-state index contributed by atoms with van der Waals surface area (Å²) in [5, 5.41) is 3.33. The molecule has 1 aromatic carbocycles. The first kappa shape index (κ1) is 16.5. The fourth-order valence-electron chi connectivity index (χ4n) is 2.84. The molecule has 0 spiro atoms. The third-order valence-corrected chi connectivity index (χ3v) is 5.92. The molecule has 5 heteroatoms. The molecule has 1 unspecified atom stereocenters. The van der Waals surface area contributed by atoms with Gasteiger partial charge in [0.1, 0.15) is 0 Å². The van der Waals surface area contributed by atoms with Gasteiger partial charge in [-0.2, -0.15) is 0 Å². The molecule has 0 aliphatic carbocycles. The van der Waals surface area contributed by atoms with Crippen molar-refractivity contribution in [2.24, 2.45) is 5.92 Å². The van der Waals surface area contributed by atoms with Crippen LogP contribution in [0, 0.1) is 5.92 Å². The molecule has 0 radical (unpaired) electrons. The number of sulfonamides is 1. The van der Waals surface area contributed by atoms with Crippen molar-refractivity contribution in [2.45, 2.75) is 37.5 Å². The molecule has 1 saturated heterocycles. The van der Waals surface area contributed by atoms with Crippen LogP contribution in [0.15, 0.2) is 29.2 Å². The highest BCUT2D eigenvalue weighted by molar-refractivity contribution is 7.89. The fourth-order valence-corrected chi connectivity index (χ4v) is 4.09. The molecule has 1 aliphatic rings. The first-order chi connectivity index (χ1) is 10.0. The van der Waals surface area contributed by atoms with Gasteiger partial charge in [0.2, 0.25) is 10.0 Å². The molecule has 0 saturated carbocycles. The second kappa shape index (κ2) is 7.38. The maximum Gasteiger partial charge on any atom is 0.242 e. The molecule has 1 heterocycles. The van der Waals surface area contributed by atoms with E-state index in [9.17, 15) is 8.42 Å². The summed E-state index contributed by atoms with van der Waals surface area (Å²) in [5.74, 6) is 0.415. The van der Waals surface area contributed by atoms with Crippen molar-refractivity contribution in [3.8, 4) is 0 Å². The van der Waals surface area contributed by atoms with E-state index < -0.39 is 10.0 Å². The largest absolute Gasteiger partial charge is 0.316 e. The summed E-state index contributed by atoms with van der Waals surface area (Å²) < 4.78 is 26.7. The van der Waals surface area contributed by atoms with Crippen molar-refractivity contribution in [3.05, 3.63) is 29.8 Å². The number of nitrogens with one attached hydrogen (secondary N) is 1. The monoisotopic (exact) mass is 310 g/mol. The van der Waals surface area contributed by atoms with E-state index in [1.807, 2.05) is 12.1 Å². The lowest BCUT2D eigenvalue weighted by molar-refractivity contribution is 0.315. The zero-order valence-corrected chi connectivity index (χ0v) is 13.8. The Labute approximate surface area is 128 Å². The van der Waals surface area contributed by atoms with Crippen molar-refractivity contribution in [3.63, 3.8) is 0 Å². The van der Waals surface area contributed by atoms with Crippen molar-refractivity contribution in [1.82, 2.24) is 9.62 Å². The van der Waals surface area contributed by atoms with E-state index >= 15 is 0 Å². The number of rotatable bonds is 6. The average molecular weight is 310 g/mol. The molecule has 118 valence electrons. The van der Waals surface area contributed by atoms with Crippen LogP contribution in [0.1, 0.15) is 31.7 Å². The summed E-state index contributed by atoms with van der Waals surface area (Å²) >= 11 is 0. The number of piperidine rings is 1. The number of benzene rings is 1. The molecule has 4 nitrogen and oxygen atoms in total. The van der Waals surface area contributed by atoms with Gasteiger partial charge >= 0.3 is 0 Å². The molecule has 21 heavy (non-hydrogen) atoms. The third kappa shape index (κ3) is 4.28. The van der Waals surface area contributed by atoms with Gasteiger partial charge in [-0.15, -0.1) is 0 Å². The predicted octanol–water partition coefficient (Wildman–Crippen LogP) is 2.26. The van der Waals surface area contributed by atoms with Crippen molar-refractivity contribution >= 4 is 10.0 Å². The van der Waals surface area contributed by atoms with E-state index in [1.165, 1.54) is 9.87 Å². The predicted molar refractivity (Wildman–Crippen MR) is 85.8 cm³/mol. The maximum atomic E-state index is 12.6. The zero-order valence-electron chi connectivity index (χ0n) is 13.0. The van der Waals surface area contributed by atoms with E-state index in [0.29, 0.717) is 17.4 Å². The lowest BCUT2D eigenvalue weighted by Crippen LogP contribution is -2.39. The Morgan fingerprint density at radius 1 is 1.29 bits per heavy atom. The van der Waals surface area contributed by atoms with Crippen LogP contribution in [0.3, 0.4) is 0 Å². The molecule has 1 fully saturated rings. The second-order valence-electron chi connectivity index (χ2n) is 5.89. The van der Waals surface area contributed by atoms with Gasteiger partial charge < -0.3 is 5.32 Å². The highest BCUT2D eigenvalue weighted by Crippen LogP contribution is 2.19. The van der Waals surface area contributed by atoms with Crippen LogP contribution in [0.25, 0.3) is 0 Å². The number of nitrogens with zero attached hydrogens (tertiary/aromatic N) is 1. The molecule has 1 aliphatic heterocycles. The van der Waals surface area contributed by atoms with Gasteiger partial charge in [0, 0.05) is 13.6 Å². The van der Waals surface area contributed by atoms with Gasteiger partial charge in [-0.3, -0.25) is 0 Å². The summed E-state index contributed by atoms with van der Waals surface area (Å²) in [5.41, 5.74) is 1.19. The first-order valence-electron chi connectivity index (χ1n) is 7.80. The molecule has 0 bridgehead atoms. The Bertz CT molecular complexity index is 534. The van der Waals surface area contributed by atoms with E-state index in [4.69, 9.17) is 0 Å². The Morgan fingerprint density at radius 3 is 2.57 bits per heavy atom. The van der Waals surface area contributed by atoms with Crippen LogP contribution in [-0.2, 0) is 16.4 Å². The Kier molecular flexibility index (Phi) is 5.79. The van der Waals surface area contributed by atoms with Gasteiger partial charge in [0.05, 0.1) is 4.90 Å². The number of aryl methyl sites for hydroxylation is 1. The summed E-state index contributed by atoms with van der Waals surface area (Å²) in [6.07, 6.45) is 4.29. The molecule has 0 aromatic heterocycles. The van der Waals surface area contributed by atoms with Gasteiger partial charge in [0.15, 0.2) is 0 Å². The zero-order chi connectivity index (χ0) is 15.3. The van der Waals surface area contributed by atoms with Gasteiger partial charge in [-0.05, 0) is 56.0 Å². The average Bonchev–Trinajstić information content (AvgIpc) is 2.49. The quantitative estimate of drug-likeness (QED) is 0.877. The fraction of sp³-hybridized carbons (Fsp3) is 0.625. The SMILES string of the molecule is CCCc1ccc(S(=O)(=O)N(C)CC2CCCNC2)cc1. The minimum absolute atomic E-state index is 0.397. The van der Waals surface area contributed by atoms with Crippen LogP contribution >= 0.6 is 0 Å². The topological polar surface area (TPSA) is 49.4 Å². The van der Waals surface area contributed by atoms with Crippen LogP contribution in [0.2, 0.25) is 0 Å². The first-order valence-corrected chi connectivity index (χ1v) is 9.24. The van der Waals surface area contributed by atoms with Gasteiger partial charge in [-0.1, -0.05) is 25.5 Å². The standard InChI is InChI=1S/C16H26N2O2S/c1-3-5-14-7-9-16(10-8-14)21(19,20)18(2)13-15-6-4-11-17-12-15/h7-10,15,17H,3-6,11-13H2,1-2H3. The summed E-state index contributed by atoms with van der Waals surface area (Å²) in [6, 6.07) is 7.31. The molecular formula is C16H26N2O2S. The van der Waals surface area contributed by atoms with E-state index in [-0.39, 0.29) is 0 Å². The lowest BCUT2D eigenvalue weighted by atomic mass is 10.00. The van der Waals surface area contributed by atoms with Crippen LogP contribution < -0.4 is 5.32 Å². The molecule has 1 atom stereocenters. The normalized spacial score (nSPS) is 19.9. The van der Waals surface area contributed by atoms with Gasteiger partial charge in [0.25, 0.3) is 0 Å². The number of hydrogen-bond donors (Lipinski definition) is 1. The molecule has 1 aromatic rings. The summed E-state index contributed by atoms with van der Waals surface area (Å²) in [6.45, 7) is 4.67. The van der Waals surface area contributed by atoms with Crippen molar-refractivity contribution in [2.75, 3.05) is 26.7 Å². The molecule has 1 N–H and O–H groups in total. The highest BCUT2D eigenvalue weighted by Gasteiger charge is 2.24. The van der Waals surface area contributed by atoms with Crippen LogP contribution in [-0.4, -0.2) is 39.4 Å². The summed E-state index contributed by atoms with van der Waals surface area (Å²) in [7, 11) is -1.68. The summed E-state index contributed by atoms with van der Waals surface area (Å²) in [4.78, 5) is 0.397. The van der Waals surface area contributed by atoms with Crippen molar-refractivity contribution in [1.29, 1.82) is 0 Å². The van der Waals surface area contributed by atoms with Crippen LogP contribution in [0.5, 0.6) is 0 Å². The Balaban J connectivity index is 2.05. The molecule has 0 amide bonds. The van der Waals surface area contributed by atoms with E-state index in [0.717, 1.165) is 38.8 Å². The molecule has 2 rings (SSSR count). The van der Waals surface area contributed by atoms with Crippen LogP contribution in [0.4, 0.5) is 0 Å². The van der Waals surface area contributed by atoms with E-state index in [1.54, 1.807) is 19.2 Å². The van der Waals surface area contributed by atoms with E-state index in [2.05, 4.69) is 12.2 Å². The smallest absolute Gasteiger partial charge is 0.242 e.